The topological polar surface area (TPSA) is 98.5 Å². The lowest BCUT2D eigenvalue weighted by atomic mass is 10.2. The molecule has 20 heavy (non-hydrogen) atoms. The number of hydrogen-bond donors (Lipinski definition) is 2. The molecule has 1 aromatic carbocycles. The van der Waals surface area contributed by atoms with E-state index in [4.69, 9.17) is 10.5 Å². The van der Waals surface area contributed by atoms with Gasteiger partial charge in [0.2, 0.25) is 5.91 Å². The Bertz CT molecular complexity index is 561. The summed E-state index contributed by atoms with van der Waals surface area (Å²) in [6.07, 6.45) is -1.10. The van der Waals surface area contributed by atoms with Gasteiger partial charge in [-0.2, -0.15) is 0 Å². The van der Waals surface area contributed by atoms with Crippen molar-refractivity contribution in [2.45, 2.75) is 29.6 Å². The van der Waals surface area contributed by atoms with E-state index in [9.17, 15) is 14.4 Å². The van der Waals surface area contributed by atoms with E-state index in [1.807, 2.05) is 18.2 Å². The first-order chi connectivity index (χ1) is 9.47. The summed E-state index contributed by atoms with van der Waals surface area (Å²) < 4.78 is 4.84. The molecule has 2 atom stereocenters. The van der Waals surface area contributed by atoms with Gasteiger partial charge >= 0.3 is 5.97 Å². The summed E-state index contributed by atoms with van der Waals surface area (Å²) in [4.78, 5) is 35.3. The van der Waals surface area contributed by atoms with E-state index in [1.54, 1.807) is 6.07 Å². The third-order valence-electron chi connectivity index (χ3n) is 2.77. The summed E-state index contributed by atoms with van der Waals surface area (Å²) in [6, 6.07) is 7.34. The molecule has 1 heterocycles. The first-order valence-corrected chi connectivity index (χ1v) is 6.90. The monoisotopic (exact) mass is 294 g/mol. The Morgan fingerprint density at radius 1 is 1.45 bits per heavy atom. The SMILES string of the molecule is C[C@@H](OC(=O)C[C@@H]1Sc2ccccc2NC1=O)C(N)=O. The summed E-state index contributed by atoms with van der Waals surface area (Å²) in [5.74, 6) is -1.59. The van der Waals surface area contributed by atoms with E-state index >= 15 is 0 Å². The first-order valence-electron chi connectivity index (χ1n) is 6.02. The number of thioether (sulfide) groups is 1. The molecule has 106 valence electrons. The molecule has 6 nitrogen and oxygen atoms in total. The van der Waals surface area contributed by atoms with Gasteiger partial charge in [0.15, 0.2) is 6.10 Å². The maximum Gasteiger partial charge on any atom is 0.308 e. The average Bonchev–Trinajstić information content (AvgIpc) is 2.39. The average molecular weight is 294 g/mol. The summed E-state index contributed by atoms with van der Waals surface area (Å²) in [5, 5.41) is 2.16. The molecule has 7 heteroatoms. The molecule has 1 aliphatic heterocycles. The highest BCUT2D eigenvalue weighted by Crippen LogP contribution is 2.36. The zero-order chi connectivity index (χ0) is 14.7. The maximum absolute atomic E-state index is 11.9. The van der Waals surface area contributed by atoms with Crippen molar-refractivity contribution in [2.24, 2.45) is 5.73 Å². The lowest BCUT2D eigenvalue weighted by Crippen LogP contribution is -2.34. The molecule has 0 aliphatic carbocycles. The van der Waals surface area contributed by atoms with Crippen molar-refractivity contribution in [3.8, 4) is 0 Å². The minimum atomic E-state index is -0.994. The van der Waals surface area contributed by atoms with Crippen LogP contribution in [0.5, 0.6) is 0 Å². The molecule has 0 aromatic heterocycles. The second kappa shape index (κ2) is 5.96. The number of primary amides is 1. The standard InChI is InChI=1S/C13H14N2O4S/c1-7(12(14)17)19-11(16)6-10-13(18)15-8-4-2-3-5-9(8)20-10/h2-5,7,10H,6H2,1H3,(H2,14,17)(H,15,18)/t7-,10+/m1/s1. The Balaban J connectivity index is 1.99. The first kappa shape index (κ1) is 14.4. The number of rotatable bonds is 4. The van der Waals surface area contributed by atoms with Crippen molar-refractivity contribution >= 4 is 35.2 Å². The van der Waals surface area contributed by atoms with E-state index in [2.05, 4.69) is 5.32 Å². The van der Waals surface area contributed by atoms with Gasteiger partial charge in [0.25, 0.3) is 5.91 Å². The fourth-order valence-electron chi connectivity index (χ4n) is 1.68. The Morgan fingerprint density at radius 3 is 2.85 bits per heavy atom. The molecule has 1 aliphatic rings. The summed E-state index contributed by atoms with van der Waals surface area (Å²) in [6.45, 7) is 1.39. The Kier molecular flexibility index (Phi) is 4.29. The Morgan fingerprint density at radius 2 is 2.15 bits per heavy atom. The van der Waals surface area contributed by atoms with Crippen LogP contribution >= 0.6 is 11.8 Å². The lowest BCUT2D eigenvalue weighted by Gasteiger charge is -2.23. The highest BCUT2D eigenvalue weighted by atomic mass is 32.2. The number of para-hydroxylation sites is 1. The largest absolute Gasteiger partial charge is 0.453 e. The predicted molar refractivity (Wildman–Crippen MR) is 74.1 cm³/mol. The third kappa shape index (κ3) is 3.30. The van der Waals surface area contributed by atoms with E-state index in [1.165, 1.54) is 18.7 Å². The molecule has 0 saturated heterocycles. The molecule has 0 bridgehead atoms. The van der Waals surface area contributed by atoms with Crippen molar-refractivity contribution in [2.75, 3.05) is 5.32 Å². The fraction of sp³-hybridized carbons (Fsp3) is 0.308. The number of anilines is 1. The zero-order valence-corrected chi connectivity index (χ0v) is 11.6. The van der Waals surface area contributed by atoms with Crippen molar-refractivity contribution < 1.29 is 19.1 Å². The van der Waals surface area contributed by atoms with E-state index < -0.39 is 23.2 Å². The van der Waals surface area contributed by atoms with Crippen molar-refractivity contribution in [1.82, 2.24) is 0 Å². The van der Waals surface area contributed by atoms with E-state index in [0.29, 0.717) is 0 Å². The summed E-state index contributed by atoms with van der Waals surface area (Å²) >= 11 is 1.30. The molecule has 2 amide bonds. The van der Waals surface area contributed by atoms with Gasteiger partial charge in [0, 0.05) is 4.90 Å². The molecule has 0 radical (unpaired) electrons. The molecule has 0 saturated carbocycles. The van der Waals surface area contributed by atoms with Gasteiger partial charge in [0.05, 0.1) is 17.4 Å². The van der Waals surface area contributed by atoms with Crippen LogP contribution in [0.25, 0.3) is 0 Å². The number of benzene rings is 1. The minimum Gasteiger partial charge on any atom is -0.453 e. The Labute approximate surface area is 120 Å². The molecule has 1 aromatic rings. The van der Waals surface area contributed by atoms with Gasteiger partial charge in [-0.3, -0.25) is 14.4 Å². The number of amides is 2. The highest BCUT2D eigenvalue weighted by Gasteiger charge is 2.30. The molecule has 0 fully saturated rings. The third-order valence-corrected chi connectivity index (χ3v) is 4.04. The number of carbonyl (C=O) groups excluding carboxylic acids is 3. The highest BCUT2D eigenvalue weighted by molar-refractivity contribution is 8.01. The normalized spacial score (nSPS) is 18.6. The van der Waals surface area contributed by atoms with Gasteiger partial charge in [-0.15, -0.1) is 11.8 Å². The molecular weight excluding hydrogens is 280 g/mol. The maximum atomic E-state index is 11.9. The number of nitrogens with two attached hydrogens (primary N) is 1. The molecule has 0 spiro atoms. The number of fused-ring (bicyclic) bond motifs is 1. The second-order valence-electron chi connectivity index (χ2n) is 4.33. The number of esters is 1. The van der Waals surface area contributed by atoms with Crippen LogP contribution in [-0.2, 0) is 19.1 Å². The van der Waals surface area contributed by atoms with Gasteiger partial charge in [-0.25, -0.2) is 0 Å². The van der Waals surface area contributed by atoms with Crippen LogP contribution in [0.15, 0.2) is 29.2 Å². The van der Waals surface area contributed by atoms with Gasteiger partial charge in [0.1, 0.15) is 0 Å². The van der Waals surface area contributed by atoms with Gasteiger partial charge < -0.3 is 15.8 Å². The lowest BCUT2D eigenvalue weighted by molar-refractivity contribution is -0.154. The summed E-state index contributed by atoms with van der Waals surface area (Å²) in [5.41, 5.74) is 5.74. The second-order valence-corrected chi connectivity index (χ2v) is 5.58. The number of hydrogen-bond acceptors (Lipinski definition) is 5. The van der Waals surface area contributed by atoms with Crippen LogP contribution in [0.4, 0.5) is 5.69 Å². The van der Waals surface area contributed by atoms with Crippen LogP contribution in [0.2, 0.25) is 0 Å². The summed E-state index contributed by atoms with van der Waals surface area (Å²) in [7, 11) is 0. The molecule has 0 unspecified atom stereocenters. The number of ether oxygens (including phenoxy) is 1. The number of carbonyl (C=O) groups is 3. The van der Waals surface area contributed by atoms with Gasteiger partial charge in [-0.1, -0.05) is 12.1 Å². The van der Waals surface area contributed by atoms with Gasteiger partial charge in [-0.05, 0) is 19.1 Å². The van der Waals surface area contributed by atoms with Crippen LogP contribution < -0.4 is 11.1 Å². The smallest absolute Gasteiger partial charge is 0.308 e. The van der Waals surface area contributed by atoms with Crippen LogP contribution in [0.1, 0.15) is 13.3 Å². The van der Waals surface area contributed by atoms with Crippen molar-refractivity contribution in [3.63, 3.8) is 0 Å². The predicted octanol–water partition coefficient (Wildman–Crippen LogP) is 0.907. The van der Waals surface area contributed by atoms with Crippen molar-refractivity contribution in [1.29, 1.82) is 0 Å². The number of nitrogens with one attached hydrogen (secondary N) is 1. The van der Waals surface area contributed by atoms with Crippen LogP contribution in [0.3, 0.4) is 0 Å². The zero-order valence-electron chi connectivity index (χ0n) is 10.8. The van der Waals surface area contributed by atoms with E-state index in [0.717, 1.165) is 10.6 Å². The van der Waals surface area contributed by atoms with E-state index in [-0.39, 0.29) is 12.3 Å². The van der Waals surface area contributed by atoms with Crippen LogP contribution in [0, 0.1) is 0 Å². The molecule has 2 rings (SSSR count). The fourth-order valence-corrected chi connectivity index (χ4v) is 2.78. The molecular formula is C13H14N2O4S. The Hall–Kier alpha value is -2.02. The quantitative estimate of drug-likeness (QED) is 0.804. The minimum absolute atomic E-state index is 0.109. The molecule has 3 N–H and O–H groups in total. The van der Waals surface area contributed by atoms with Crippen molar-refractivity contribution in [3.05, 3.63) is 24.3 Å². The van der Waals surface area contributed by atoms with Crippen LogP contribution in [-0.4, -0.2) is 29.1 Å².